The number of benzene rings is 1. The number of aromatic hydroxyl groups is 2. The molecule has 1 aromatic rings. The van der Waals surface area contributed by atoms with Crippen molar-refractivity contribution in [2.45, 2.75) is 44.7 Å². The van der Waals surface area contributed by atoms with E-state index in [1.54, 1.807) is 0 Å². The van der Waals surface area contributed by atoms with Crippen LogP contribution in [0.1, 0.15) is 25.3 Å². The van der Waals surface area contributed by atoms with Crippen LogP contribution in [0, 0.1) is 5.92 Å². The van der Waals surface area contributed by atoms with Gasteiger partial charge in [0, 0.05) is 18.1 Å². The van der Waals surface area contributed by atoms with Crippen LogP contribution in [-0.4, -0.2) is 38.7 Å². The van der Waals surface area contributed by atoms with E-state index in [1.165, 1.54) is 12.1 Å². The van der Waals surface area contributed by atoms with Gasteiger partial charge >= 0.3 is 0 Å². The summed E-state index contributed by atoms with van der Waals surface area (Å²) >= 11 is 5.77. The molecule has 1 aliphatic carbocycles. The minimum atomic E-state index is -0.794. The molecule has 2 rings (SSSR count). The molecule has 20 heavy (non-hydrogen) atoms. The molecule has 1 saturated carbocycles. The van der Waals surface area contributed by atoms with Crippen molar-refractivity contribution >= 4 is 11.6 Å². The smallest absolute Gasteiger partial charge is 0.139 e. The Balaban J connectivity index is 2.02. The second kappa shape index (κ2) is 6.18. The van der Waals surface area contributed by atoms with Gasteiger partial charge in [0.1, 0.15) is 11.5 Å². The molecule has 0 spiro atoms. The van der Waals surface area contributed by atoms with Gasteiger partial charge in [-0.05, 0) is 18.4 Å². The minimum Gasteiger partial charge on any atom is -0.508 e. The van der Waals surface area contributed by atoms with Gasteiger partial charge in [-0.3, -0.25) is 0 Å². The molecule has 0 saturated heterocycles. The maximum atomic E-state index is 9.80. The molecule has 1 fully saturated rings. The number of rotatable bonds is 3. The van der Waals surface area contributed by atoms with Gasteiger partial charge in [0.15, 0.2) is 0 Å². The highest BCUT2D eigenvalue weighted by Crippen LogP contribution is 2.34. The Morgan fingerprint density at radius 1 is 1.20 bits per heavy atom. The van der Waals surface area contributed by atoms with Crippen LogP contribution in [0.25, 0.3) is 0 Å². The van der Waals surface area contributed by atoms with E-state index in [-0.39, 0.29) is 35.2 Å². The van der Waals surface area contributed by atoms with Crippen molar-refractivity contribution in [1.29, 1.82) is 0 Å². The Morgan fingerprint density at radius 3 is 2.55 bits per heavy atom. The van der Waals surface area contributed by atoms with Gasteiger partial charge in [0.2, 0.25) is 0 Å². The monoisotopic (exact) mass is 302 g/mol. The zero-order chi connectivity index (χ0) is 14.9. The van der Waals surface area contributed by atoms with Gasteiger partial charge in [0.25, 0.3) is 0 Å². The highest BCUT2D eigenvalue weighted by atomic mass is 35.5. The number of phenols is 2. The fraction of sp³-hybridized carbons (Fsp3) is 0.571. The summed E-state index contributed by atoms with van der Waals surface area (Å²) in [4.78, 5) is 0. The molecular formula is C14H19ClO5. The largest absolute Gasteiger partial charge is 0.508 e. The second-order valence-electron chi connectivity index (χ2n) is 5.37. The van der Waals surface area contributed by atoms with Crippen molar-refractivity contribution in [3.63, 3.8) is 0 Å². The van der Waals surface area contributed by atoms with Gasteiger partial charge in [-0.25, -0.2) is 0 Å². The quantitative estimate of drug-likeness (QED) is 0.639. The SMILES string of the molecule is C[C@H]1C[C@H](O)[C@@H](O)C[C@H]1OCc1cc(O)cc(Cl)c1O. The third-order valence-corrected chi connectivity index (χ3v) is 4.03. The zero-order valence-corrected chi connectivity index (χ0v) is 11.9. The lowest BCUT2D eigenvalue weighted by atomic mass is 9.84. The van der Waals surface area contributed by atoms with Crippen LogP contribution in [0.4, 0.5) is 0 Å². The van der Waals surface area contributed by atoms with Crippen LogP contribution in [0.5, 0.6) is 11.5 Å². The lowest BCUT2D eigenvalue weighted by molar-refractivity contribution is -0.102. The van der Waals surface area contributed by atoms with Crippen LogP contribution < -0.4 is 0 Å². The van der Waals surface area contributed by atoms with Crippen molar-refractivity contribution in [3.8, 4) is 11.5 Å². The summed E-state index contributed by atoms with van der Waals surface area (Å²) < 4.78 is 5.69. The van der Waals surface area contributed by atoms with E-state index >= 15 is 0 Å². The molecule has 1 aliphatic rings. The molecule has 0 aliphatic heterocycles. The van der Waals surface area contributed by atoms with E-state index in [4.69, 9.17) is 16.3 Å². The molecule has 0 aromatic heterocycles. The van der Waals surface area contributed by atoms with Crippen molar-refractivity contribution < 1.29 is 25.2 Å². The predicted octanol–water partition coefficient (Wildman–Crippen LogP) is 1.79. The third-order valence-electron chi connectivity index (χ3n) is 3.75. The summed E-state index contributed by atoms with van der Waals surface area (Å²) in [5.74, 6) is -0.0598. The average molecular weight is 303 g/mol. The van der Waals surface area contributed by atoms with Crippen LogP contribution in [0.15, 0.2) is 12.1 Å². The fourth-order valence-electron chi connectivity index (χ4n) is 2.50. The van der Waals surface area contributed by atoms with Crippen molar-refractivity contribution in [3.05, 3.63) is 22.7 Å². The molecule has 0 unspecified atom stereocenters. The first-order valence-corrected chi connectivity index (χ1v) is 6.94. The van der Waals surface area contributed by atoms with Gasteiger partial charge < -0.3 is 25.2 Å². The maximum absolute atomic E-state index is 9.80. The van der Waals surface area contributed by atoms with Gasteiger partial charge in [-0.1, -0.05) is 18.5 Å². The minimum absolute atomic E-state index is 0.0430. The van der Waals surface area contributed by atoms with E-state index in [0.717, 1.165) is 0 Å². The number of phenolic OH excluding ortho intramolecular Hbond substituents is 2. The Morgan fingerprint density at radius 2 is 1.85 bits per heavy atom. The van der Waals surface area contributed by atoms with Gasteiger partial charge in [0.05, 0.1) is 29.9 Å². The first-order chi connectivity index (χ1) is 9.38. The molecule has 0 radical (unpaired) electrons. The van der Waals surface area contributed by atoms with Crippen LogP contribution in [0.3, 0.4) is 0 Å². The second-order valence-corrected chi connectivity index (χ2v) is 5.78. The standard InChI is InChI=1S/C14H19ClO5/c1-7-2-11(17)12(18)5-13(7)20-6-8-3-9(16)4-10(15)14(8)19/h3-4,7,11-13,16-19H,2,5-6H2,1H3/t7-,11-,12-,13+/m0/s1. The molecule has 0 bridgehead atoms. The number of halogens is 1. The van der Waals surface area contributed by atoms with E-state index in [1.807, 2.05) is 6.92 Å². The highest BCUT2D eigenvalue weighted by molar-refractivity contribution is 6.32. The summed E-state index contributed by atoms with van der Waals surface area (Å²) in [6, 6.07) is 2.64. The van der Waals surface area contributed by atoms with Crippen molar-refractivity contribution in [1.82, 2.24) is 0 Å². The average Bonchev–Trinajstić information content (AvgIpc) is 2.37. The number of hydrogen-bond acceptors (Lipinski definition) is 5. The molecule has 0 heterocycles. The van der Waals surface area contributed by atoms with Gasteiger partial charge in [-0.2, -0.15) is 0 Å². The third kappa shape index (κ3) is 3.35. The molecular weight excluding hydrogens is 284 g/mol. The molecule has 0 amide bonds. The molecule has 112 valence electrons. The summed E-state index contributed by atoms with van der Waals surface area (Å²) in [5.41, 5.74) is 0.391. The summed E-state index contributed by atoms with van der Waals surface area (Å²) in [5, 5.41) is 38.6. The first kappa shape index (κ1) is 15.4. The Kier molecular flexibility index (Phi) is 4.75. The molecule has 5 nitrogen and oxygen atoms in total. The number of hydrogen-bond donors (Lipinski definition) is 4. The number of aliphatic hydroxyl groups is 2. The predicted molar refractivity (Wildman–Crippen MR) is 73.8 cm³/mol. The van der Waals surface area contributed by atoms with E-state index < -0.39 is 12.2 Å². The topological polar surface area (TPSA) is 90.2 Å². The molecule has 4 atom stereocenters. The van der Waals surface area contributed by atoms with E-state index in [9.17, 15) is 20.4 Å². The summed E-state index contributed by atoms with van der Waals surface area (Å²) in [6.45, 7) is 2.02. The lowest BCUT2D eigenvalue weighted by Gasteiger charge is -2.35. The van der Waals surface area contributed by atoms with Crippen molar-refractivity contribution in [2.75, 3.05) is 0 Å². The number of aliphatic hydroxyl groups excluding tert-OH is 2. The zero-order valence-electron chi connectivity index (χ0n) is 11.2. The van der Waals surface area contributed by atoms with Crippen molar-refractivity contribution in [2.24, 2.45) is 5.92 Å². The molecule has 6 heteroatoms. The van der Waals surface area contributed by atoms with E-state index in [0.29, 0.717) is 18.4 Å². The first-order valence-electron chi connectivity index (χ1n) is 6.56. The normalized spacial score (nSPS) is 30.4. The maximum Gasteiger partial charge on any atom is 0.139 e. The lowest BCUT2D eigenvalue weighted by Crippen LogP contribution is -2.41. The van der Waals surface area contributed by atoms with Crippen LogP contribution in [0.2, 0.25) is 5.02 Å². The van der Waals surface area contributed by atoms with Crippen LogP contribution >= 0.6 is 11.6 Å². The molecule has 1 aromatic carbocycles. The van der Waals surface area contributed by atoms with Gasteiger partial charge in [-0.15, -0.1) is 0 Å². The molecule has 4 N–H and O–H groups in total. The van der Waals surface area contributed by atoms with E-state index in [2.05, 4.69) is 0 Å². The summed E-state index contributed by atoms with van der Waals surface area (Å²) in [6.07, 6.45) is -0.909. The number of ether oxygens (including phenoxy) is 1. The van der Waals surface area contributed by atoms with Crippen LogP contribution in [-0.2, 0) is 11.3 Å². The fourth-order valence-corrected chi connectivity index (χ4v) is 2.73. The Hall–Kier alpha value is -1.01. The highest BCUT2D eigenvalue weighted by Gasteiger charge is 2.33. The summed E-state index contributed by atoms with van der Waals surface area (Å²) in [7, 11) is 0. The Bertz CT molecular complexity index is 479. The Labute approximate surface area is 122 Å².